The molecule has 0 bridgehead atoms. The Bertz CT molecular complexity index is 302. The van der Waals surface area contributed by atoms with Gasteiger partial charge in [-0.05, 0) is 68.8 Å². The van der Waals surface area contributed by atoms with E-state index in [-0.39, 0.29) is 0 Å². The van der Waals surface area contributed by atoms with E-state index in [1.807, 2.05) is 0 Å². The van der Waals surface area contributed by atoms with Crippen LogP contribution in [-0.2, 0) is 6.42 Å². The predicted octanol–water partition coefficient (Wildman–Crippen LogP) is 2.89. The van der Waals surface area contributed by atoms with Gasteiger partial charge in [0.15, 0.2) is 0 Å². The number of unbranched alkanes of at least 4 members (excludes halogenated alkanes) is 1. The molecule has 0 heterocycles. The maximum atomic E-state index is 5.48. The van der Waals surface area contributed by atoms with Gasteiger partial charge >= 0.3 is 0 Å². The molecule has 78 valence electrons. The summed E-state index contributed by atoms with van der Waals surface area (Å²) in [6.45, 7) is 7.36. The minimum atomic E-state index is 0.809. The van der Waals surface area contributed by atoms with E-state index < -0.39 is 0 Å². The molecule has 1 aromatic rings. The SMILES string of the molecule is Cc1cc(C)c(CCCCN)cc1C. The molecule has 0 saturated heterocycles. The van der Waals surface area contributed by atoms with Crippen LogP contribution in [0.5, 0.6) is 0 Å². The number of aryl methyl sites for hydroxylation is 4. The zero-order valence-electron chi connectivity index (χ0n) is 9.56. The Morgan fingerprint density at radius 2 is 1.57 bits per heavy atom. The molecule has 14 heavy (non-hydrogen) atoms. The average molecular weight is 191 g/mol. The third-order valence-electron chi connectivity index (χ3n) is 2.85. The Morgan fingerprint density at radius 3 is 2.21 bits per heavy atom. The molecule has 1 heteroatoms. The van der Waals surface area contributed by atoms with Gasteiger partial charge in [0.1, 0.15) is 0 Å². The van der Waals surface area contributed by atoms with Crippen molar-refractivity contribution < 1.29 is 0 Å². The molecule has 0 unspecified atom stereocenters. The van der Waals surface area contributed by atoms with Crippen LogP contribution in [0.15, 0.2) is 12.1 Å². The van der Waals surface area contributed by atoms with Crippen molar-refractivity contribution in [3.63, 3.8) is 0 Å². The van der Waals surface area contributed by atoms with Gasteiger partial charge in [-0.1, -0.05) is 12.1 Å². The number of hydrogen-bond acceptors (Lipinski definition) is 1. The van der Waals surface area contributed by atoms with E-state index in [9.17, 15) is 0 Å². The molecule has 0 spiro atoms. The van der Waals surface area contributed by atoms with Crippen molar-refractivity contribution in [2.45, 2.75) is 40.0 Å². The fourth-order valence-electron chi connectivity index (χ4n) is 1.75. The molecule has 0 aliphatic rings. The molecule has 0 saturated carbocycles. The third kappa shape index (κ3) is 2.85. The first kappa shape index (κ1) is 11.3. The summed E-state index contributed by atoms with van der Waals surface area (Å²) in [5.74, 6) is 0. The van der Waals surface area contributed by atoms with E-state index in [2.05, 4.69) is 32.9 Å². The summed E-state index contributed by atoms with van der Waals surface area (Å²) < 4.78 is 0. The maximum absolute atomic E-state index is 5.48. The second kappa shape index (κ2) is 5.16. The second-order valence-corrected chi connectivity index (χ2v) is 4.11. The van der Waals surface area contributed by atoms with E-state index in [0.717, 1.165) is 13.0 Å². The third-order valence-corrected chi connectivity index (χ3v) is 2.85. The van der Waals surface area contributed by atoms with Crippen molar-refractivity contribution in [1.82, 2.24) is 0 Å². The monoisotopic (exact) mass is 191 g/mol. The van der Waals surface area contributed by atoms with E-state index in [1.165, 1.54) is 35.1 Å². The van der Waals surface area contributed by atoms with E-state index >= 15 is 0 Å². The van der Waals surface area contributed by atoms with Crippen molar-refractivity contribution >= 4 is 0 Å². The molecule has 1 rings (SSSR count). The summed E-state index contributed by atoms with van der Waals surface area (Å²) in [4.78, 5) is 0. The highest BCUT2D eigenvalue weighted by Crippen LogP contribution is 2.17. The molecule has 0 aliphatic heterocycles. The van der Waals surface area contributed by atoms with Gasteiger partial charge in [0.05, 0.1) is 0 Å². The minimum Gasteiger partial charge on any atom is -0.330 e. The van der Waals surface area contributed by atoms with Gasteiger partial charge in [-0.2, -0.15) is 0 Å². The highest BCUT2D eigenvalue weighted by molar-refractivity contribution is 5.36. The van der Waals surface area contributed by atoms with Crippen LogP contribution in [0, 0.1) is 20.8 Å². The zero-order valence-corrected chi connectivity index (χ0v) is 9.56. The molecular formula is C13H21N. The molecule has 0 fully saturated rings. The highest BCUT2D eigenvalue weighted by Gasteiger charge is 2.01. The normalized spacial score (nSPS) is 10.6. The Labute approximate surface area is 87.3 Å². The fraction of sp³-hybridized carbons (Fsp3) is 0.538. The Balaban J connectivity index is 2.72. The number of benzene rings is 1. The summed E-state index contributed by atoms with van der Waals surface area (Å²) in [7, 11) is 0. The topological polar surface area (TPSA) is 26.0 Å². The summed E-state index contributed by atoms with van der Waals surface area (Å²) in [5, 5.41) is 0. The van der Waals surface area contributed by atoms with Gasteiger partial charge in [0.2, 0.25) is 0 Å². The molecular weight excluding hydrogens is 170 g/mol. The van der Waals surface area contributed by atoms with Crippen LogP contribution in [0.2, 0.25) is 0 Å². The molecule has 0 radical (unpaired) electrons. The number of rotatable bonds is 4. The molecule has 0 atom stereocenters. The smallest absolute Gasteiger partial charge is 0.00772 e. The van der Waals surface area contributed by atoms with Crippen molar-refractivity contribution in [3.05, 3.63) is 34.4 Å². The Kier molecular flexibility index (Phi) is 4.15. The quantitative estimate of drug-likeness (QED) is 0.728. The first-order valence-electron chi connectivity index (χ1n) is 5.42. The van der Waals surface area contributed by atoms with Gasteiger partial charge in [-0.25, -0.2) is 0 Å². The van der Waals surface area contributed by atoms with Crippen LogP contribution < -0.4 is 5.73 Å². The number of hydrogen-bond donors (Lipinski definition) is 1. The Morgan fingerprint density at radius 1 is 0.929 bits per heavy atom. The van der Waals surface area contributed by atoms with Gasteiger partial charge < -0.3 is 5.73 Å². The van der Waals surface area contributed by atoms with Crippen LogP contribution in [0.25, 0.3) is 0 Å². The molecule has 1 nitrogen and oxygen atoms in total. The van der Waals surface area contributed by atoms with Crippen LogP contribution in [-0.4, -0.2) is 6.54 Å². The van der Waals surface area contributed by atoms with Crippen molar-refractivity contribution in [1.29, 1.82) is 0 Å². The summed E-state index contributed by atoms with van der Waals surface area (Å²) >= 11 is 0. The van der Waals surface area contributed by atoms with Gasteiger partial charge in [0, 0.05) is 0 Å². The van der Waals surface area contributed by atoms with Crippen LogP contribution in [0.1, 0.15) is 35.1 Å². The molecule has 0 aliphatic carbocycles. The Hall–Kier alpha value is -0.820. The van der Waals surface area contributed by atoms with E-state index in [1.54, 1.807) is 0 Å². The highest BCUT2D eigenvalue weighted by atomic mass is 14.5. The van der Waals surface area contributed by atoms with Gasteiger partial charge in [0.25, 0.3) is 0 Å². The summed E-state index contributed by atoms with van der Waals surface area (Å²) in [5.41, 5.74) is 11.2. The lowest BCUT2D eigenvalue weighted by atomic mass is 9.97. The van der Waals surface area contributed by atoms with E-state index in [4.69, 9.17) is 5.73 Å². The first-order valence-corrected chi connectivity index (χ1v) is 5.42. The molecule has 2 N–H and O–H groups in total. The lowest BCUT2D eigenvalue weighted by Crippen LogP contribution is -2.00. The minimum absolute atomic E-state index is 0.809. The molecule has 1 aromatic carbocycles. The largest absolute Gasteiger partial charge is 0.330 e. The zero-order chi connectivity index (χ0) is 10.6. The lowest BCUT2D eigenvalue weighted by Gasteiger charge is -2.09. The van der Waals surface area contributed by atoms with Crippen LogP contribution in [0.3, 0.4) is 0 Å². The summed E-state index contributed by atoms with van der Waals surface area (Å²) in [6, 6.07) is 4.61. The second-order valence-electron chi connectivity index (χ2n) is 4.11. The number of nitrogens with two attached hydrogens (primary N) is 1. The standard InChI is InChI=1S/C13H21N/c1-10-8-12(3)13(9-11(10)2)6-4-5-7-14/h8-9H,4-7,14H2,1-3H3. The molecule has 0 amide bonds. The van der Waals surface area contributed by atoms with Gasteiger partial charge in [-0.15, -0.1) is 0 Å². The van der Waals surface area contributed by atoms with E-state index in [0.29, 0.717) is 0 Å². The first-order chi connectivity index (χ1) is 6.65. The molecule has 0 aromatic heterocycles. The van der Waals surface area contributed by atoms with Crippen molar-refractivity contribution in [2.75, 3.05) is 6.54 Å². The van der Waals surface area contributed by atoms with Crippen molar-refractivity contribution in [3.8, 4) is 0 Å². The lowest BCUT2D eigenvalue weighted by molar-refractivity contribution is 0.742. The fourth-order valence-corrected chi connectivity index (χ4v) is 1.75. The predicted molar refractivity (Wildman–Crippen MR) is 62.6 cm³/mol. The summed E-state index contributed by atoms with van der Waals surface area (Å²) in [6.07, 6.45) is 3.51. The average Bonchev–Trinajstić information content (AvgIpc) is 2.14. The maximum Gasteiger partial charge on any atom is -0.00772 e. The van der Waals surface area contributed by atoms with Gasteiger partial charge in [-0.3, -0.25) is 0 Å². The van der Waals surface area contributed by atoms with Crippen LogP contribution >= 0.6 is 0 Å². The van der Waals surface area contributed by atoms with Crippen molar-refractivity contribution in [2.24, 2.45) is 5.73 Å². The van der Waals surface area contributed by atoms with Crippen LogP contribution in [0.4, 0.5) is 0 Å².